The fourth-order valence-corrected chi connectivity index (χ4v) is 4.14. The standard InChI is InChI=1S/C22H25N5O2/c28-21(18-14-23-19-4-2-1-3-17(18)19)25-16-7-8-20(24-13-16)26-9-11-27(12-10-26)22(29)15-5-6-15/h1-4,7-8,13,15,18,23H,5-6,9-12,14H2,(H,25,28). The number of rotatable bonds is 4. The lowest BCUT2D eigenvalue weighted by atomic mass is 10.0. The van der Waals surface area contributed by atoms with E-state index in [9.17, 15) is 9.59 Å². The SMILES string of the molecule is O=C(Nc1ccc(N2CCN(C(=O)C3CC3)CC2)nc1)C1CNc2ccccc21. The van der Waals surface area contributed by atoms with Crippen molar-refractivity contribution in [3.05, 3.63) is 48.2 Å². The van der Waals surface area contributed by atoms with E-state index in [4.69, 9.17) is 0 Å². The predicted octanol–water partition coefficient (Wildman–Crippen LogP) is 2.29. The summed E-state index contributed by atoms with van der Waals surface area (Å²) in [5.41, 5.74) is 2.76. The highest BCUT2D eigenvalue weighted by atomic mass is 16.2. The van der Waals surface area contributed by atoms with Crippen molar-refractivity contribution >= 4 is 29.0 Å². The summed E-state index contributed by atoms with van der Waals surface area (Å²) in [6.45, 7) is 3.71. The molecule has 7 nitrogen and oxygen atoms in total. The summed E-state index contributed by atoms with van der Waals surface area (Å²) < 4.78 is 0. The van der Waals surface area contributed by atoms with Gasteiger partial charge in [-0.15, -0.1) is 0 Å². The molecule has 1 aliphatic carbocycles. The van der Waals surface area contributed by atoms with Crippen molar-refractivity contribution in [3.63, 3.8) is 0 Å². The predicted molar refractivity (Wildman–Crippen MR) is 112 cm³/mol. The van der Waals surface area contributed by atoms with Crippen LogP contribution in [0.4, 0.5) is 17.2 Å². The zero-order chi connectivity index (χ0) is 19.8. The zero-order valence-electron chi connectivity index (χ0n) is 16.3. The first-order chi connectivity index (χ1) is 14.2. The summed E-state index contributed by atoms with van der Waals surface area (Å²) in [4.78, 5) is 33.6. The molecular formula is C22H25N5O2. The Morgan fingerprint density at radius 1 is 1.03 bits per heavy atom. The number of amides is 2. The van der Waals surface area contributed by atoms with Crippen molar-refractivity contribution in [2.24, 2.45) is 5.92 Å². The van der Waals surface area contributed by atoms with E-state index in [0.29, 0.717) is 18.1 Å². The Hall–Kier alpha value is -3.09. The molecule has 7 heteroatoms. The van der Waals surface area contributed by atoms with E-state index < -0.39 is 0 Å². The van der Waals surface area contributed by atoms with E-state index in [0.717, 1.165) is 56.1 Å². The summed E-state index contributed by atoms with van der Waals surface area (Å²) in [5.74, 6) is 1.27. The first-order valence-electron chi connectivity index (χ1n) is 10.3. The maximum Gasteiger partial charge on any atom is 0.233 e. The molecule has 2 aromatic rings. The molecule has 1 unspecified atom stereocenters. The molecule has 1 aromatic carbocycles. The number of hydrogen-bond donors (Lipinski definition) is 2. The van der Waals surface area contributed by atoms with Crippen LogP contribution in [-0.2, 0) is 9.59 Å². The van der Waals surface area contributed by atoms with E-state index in [2.05, 4.69) is 20.5 Å². The molecule has 2 aliphatic heterocycles. The molecule has 2 fully saturated rings. The highest BCUT2D eigenvalue weighted by Gasteiger charge is 2.34. The number of nitrogens with one attached hydrogen (secondary N) is 2. The van der Waals surface area contributed by atoms with Crippen LogP contribution in [0.1, 0.15) is 24.3 Å². The Kier molecular flexibility index (Phi) is 4.58. The summed E-state index contributed by atoms with van der Waals surface area (Å²) in [6.07, 6.45) is 3.82. The summed E-state index contributed by atoms with van der Waals surface area (Å²) in [6, 6.07) is 11.8. The van der Waals surface area contributed by atoms with Gasteiger partial charge in [0, 0.05) is 44.3 Å². The molecule has 5 rings (SSSR count). The van der Waals surface area contributed by atoms with Gasteiger partial charge in [0.2, 0.25) is 11.8 Å². The van der Waals surface area contributed by atoms with Crippen molar-refractivity contribution in [3.8, 4) is 0 Å². The van der Waals surface area contributed by atoms with Crippen LogP contribution in [-0.4, -0.2) is 54.4 Å². The second-order valence-corrected chi connectivity index (χ2v) is 8.00. The number of fused-ring (bicyclic) bond motifs is 1. The average Bonchev–Trinajstić information content (AvgIpc) is 3.52. The molecule has 150 valence electrons. The van der Waals surface area contributed by atoms with Crippen LogP contribution in [0.25, 0.3) is 0 Å². The molecule has 3 aliphatic rings. The fourth-order valence-electron chi connectivity index (χ4n) is 4.14. The van der Waals surface area contributed by atoms with Crippen LogP contribution < -0.4 is 15.5 Å². The third-order valence-electron chi connectivity index (χ3n) is 6.01. The van der Waals surface area contributed by atoms with Gasteiger partial charge in [0.05, 0.1) is 17.8 Å². The number of aromatic nitrogens is 1. The number of hydrogen-bond acceptors (Lipinski definition) is 5. The maximum absolute atomic E-state index is 12.7. The van der Waals surface area contributed by atoms with E-state index >= 15 is 0 Å². The van der Waals surface area contributed by atoms with Gasteiger partial charge >= 0.3 is 0 Å². The number of carbonyl (C=O) groups is 2. The third-order valence-corrected chi connectivity index (χ3v) is 6.01. The number of para-hydroxylation sites is 1. The number of pyridine rings is 1. The second-order valence-electron chi connectivity index (χ2n) is 8.00. The van der Waals surface area contributed by atoms with E-state index in [1.54, 1.807) is 6.20 Å². The number of carbonyl (C=O) groups excluding carboxylic acids is 2. The molecule has 1 atom stereocenters. The molecule has 1 aromatic heterocycles. The molecule has 29 heavy (non-hydrogen) atoms. The third kappa shape index (κ3) is 3.64. The molecule has 2 N–H and O–H groups in total. The highest BCUT2D eigenvalue weighted by molar-refractivity contribution is 5.98. The number of anilines is 3. The molecule has 2 amide bonds. The van der Waals surface area contributed by atoms with Crippen molar-refractivity contribution < 1.29 is 9.59 Å². The zero-order valence-corrected chi connectivity index (χ0v) is 16.3. The maximum atomic E-state index is 12.7. The van der Waals surface area contributed by atoms with E-state index in [1.807, 2.05) is 41.3 Å². The van der Waals surface area contributed by atoms with E-state index in [-0.39, 0.29) is 17.7 Å². The Balaban J connectivity index is 1.18. The Morgan fingerprint density at radius 2 is 1.83 bits per heavy atom. The molecule has 1 saturated carbocycles. The Morgan fingerprint density at radius 3 is 2.55 bits per heavy atom. The molecule has 0 radical (unpaired) electrons. The first kappa shape index (κ1) is 18.0. The Bertz CT molecular complexity index is 917. The lowest BCUT2D eigenvalue weighted by Crippen LogP contribution is -2.49. The summed E-state index contributed by atoms with van der Waals surface area (Å²) in [7, 11) is 0. The molecular weight excluding hydrogens is 366 g/mol. The van der Waals surface area contributed by atoms with Crippen LogP contribution >= 0.6 is 0 Å². The van der Waals surface area contributed by atoms with Crippen molar-refractivity contribution in [1.29, 1.82) is 0 Å². The van der Waals surface area contributed by atoms with Crippen molar-refractivity contribution in [2.45, 2.75) is 18.8 Å². The van der Waals surface area contributed by atoms with Gasteiger partial charge in [-0.2, -0.15) is 0 Å². The second kappa shape index (κ2) is 7.39. The average molecular weight is 391 g/mol. The minimum Gasteiger partial charge on any atom is -0.384 e. The van der Waals surface area contributed by atoms with Gasteiger partial charge in [-0.3, -0.25) is 9.59 Å². The number of nitrogens with zero attached hydrogens (tertiary/aromatic N) is 3. The highest BCUT2D eigenvalue weighted by Crippen LogP contribution is 2.32. The number of piperazine rings is 1. The monoisotopic (exact) mass is 391 g/mol. The summed E-state index contributed by atoms with van der Waals surface area (Å²) >= 11 is 0. The molecule has 1 saturated heterocycles. The van der Waals surface area contributed by atoms with Gasteiger partial charge in [-0.25, -0.2) is 4.98 Å². The van der Waals surface area contributed by atoms with E-state index in [1.165, 1.54) is 0 Å². The molecule has 3 heterocycles. The quantitative estimate of drug-likeness (QED) is 0.836. The van der Waals surface area contributed by atoms with Gasteiger partial charge in [-0.05, 0) is 36.6 Å². The smallest absolute Gasteiger partial charge is 0.233 e. The van der Waals surface area contributed by atoms with Crippen molar-refractivity contribution in [2.75, 3.05) is 48.3 Å². The van der Waals surface area contributed by atoms with Crippen LogP contribution in [0.5, 0.6) is 0 Å². The first-order valence-corrected chi connectivity index (χ1v) is 10.3. The topological polar surface area (TPSA) is 77.6 Å². The molecule has 0 spiro atoms. The minimum absolute atomic E-state index is 0.0239. The number of benzene rings is 1. The largest absolute Gasteiger partial charge is 0.384 e. The Labute approximate surface area is 170 Å². The minimum atomic E-state index is -0.192. The van der Waals surface area contributed by atoms with Gasteiger partial charge < -0.3 is 20.4 Å². The molecule has 0 bridgehead atoms. The lowest BCUT2D eigenvalue weighted by molar-refractivity contribution is -0.132. The van der Waals surface area contributed by atoms with Crippen LogP contribution in [0.15, 0.2) is 42.6 Å². The van der Waals surface area contributed by atoms with Crippen LogP contribution in [0.2, 0.25) is 0 Å². The van der Waals surface area contributed by atoms with Gasteiger partial charge in [-0.1, -0.05) is 18.2 Å². The van der Waals surface area contributed by atoms with Crippen LogP contribution in [0, 0.1) is 5.92 Å². The van der Waals surface area contributed by atoms with Gasteiger partial charge in [0.25, 0.3) is 0 Å². The van der Waals surface area contributed by atoms with Crippen LogP contribution in [0.3, 0.4) is 0 Å². The van der Waals surface area contributed by atoms with Crippen molar-refractivity contribution in [1.82, 2.24) is 9.88 Å². The fraction of sp³-hybridized carbons (Fsp3) is 0.409. The van der Waals surface area contributed by atoms with Gasteiger partial charge in [0.15, 0.2) is 0 Å². The van der Waals surface area contributed by atoms with Gasteiger partial charge in [0.1, 0.15) is 5.82 Å². The lowest BCUT2D eigenvalue weighted by Gasteiger charge is -2.35. The normalized spacial score (nSPS) is 20.8. The summed E-state index contributed by atoms with van der Waals surface area (Å²) in [5, 5.41) is 6.26.